The Morgan fingerprint density at radius 1 is 1.10 bits per heavy atom. The van der Waals surface area contributed by atoms with E-state index in [-0.39, 0.29) is 47.6 Å². The highest BCUT2D eigenvalue weighted by molar-refractivity contribution is 5.95. The standard InChI is InChI=1S/C28H37NO10/c1-26-9-7-16(31)11-15(26)3-4-17-18-8-10-28(38,27(18,2)12-20(32)24(17)26)21(33)14-39-23(35)6-5-22(34)29-19(13-30)25(36)37/h11,17-19,24,30,38H,3-10,12-14H2,1-2H3,(H,29,34)(H,36,37). The van der Waals surface area contributed by atoms with Crippen molar-refractivity contribution in [1.82, 2.24) is 5.32 Å². The molecule has 4 N–H and O–H groups in total. The van der Waals surface area contributed by atoms with Crippen LogP contribution in [0.15, 0.2) is 11.6 Å². The van der Waals surface area contributed by atoms with E-state index >= 15 is 0 Å². The van der Waals surface area contributed by atoms with Crippen LogP contribution in [0.5, 0.6) is 0 Å². The van der Waals surface area contributed by atoms with Gasteiger partial charge in [0.2, 0.25) is 11.7 Å². The number of nitrogens with one attached hydrogen (secondary N) is 1. The quantitative estimate of drug-likeness (QED) is 0.302. The number of hydrogen-bond donors (Lipinski definition) is 4. The highest BCUT2D eigenvalue weighted by Gasteiger charge is 2.68. The number of ether oxygens (including phenoxy) is 1. The normalized spacial score (nSPS) is 36.1. The Bertz CT molecular complexity index is 1130. The lowest BCUT2D eigenvalue weighted by molar-refractivity contribution is -0.173. The molecule has 0 radical (unpaired) electrons. The Balaban J connectivity index is 1.39. The minimum Gasteiger partial charge on any atom is -0.480 e. The van der Waals surface area contributed by atoms with E-state index in [1.54, 1.807) is 13.0 Å². The van der Waals surface area contributed by atoms with Crippen molar-refractivity contribution < 1.29 is 48.8 Å². The molecule has 0 aromatic carbocycles. The van der Waals surface area contributed by atoms with Crippen molar-refractivity contribution in [1.29, 1.82) is 0 Å². The highest BCUT2D eigenvalue weighted by atomic mass is 16.5. The molecule has 3 fully saturated rings. The number of ketones is 3. The van der Waals surface area contributed by atoms with Crippen molar-refractivity contribution in [3.8, 4) is 0 Å². The summed E-state index contributed by atoms with van der Waals surface area (Å²) in [6.45, 7) is 2.34. The van der Waals surface area contributed by atoms with Crippen LogP contribution in [0.2, 0.25) is 0 Å². The minimum absolute atomic E-state index is 0.000115. The summed E-state index contributed by atoms with van der Waals surface area (Å²) in [5.74, 6) is -3.99. The van der Waals surface area contributed by atoms with Gasteiger partial charge in [-0.25, -0.2) is 4.79 Å². The van der Waals surface area contributed by atoms with Crippen molar-refractivity contribution in [3.63, 3.8) is 0 Å². The van der Waals surface area contributed by atoms with E-state index in [0.29, 0.717) is 32.1 Å². The van der Waals surface area contributed by atoms with Crippen LogP contribution in [0.1, 0.15) is 71.6 Å². The third-order valence-electron chi connectivity index (χ3n) is 10.0. The van der Waals surface area contributed by atoms with Crippen LogP contribution in [-0.2, 0) is 33.5 Å². The van der Waals surface area contributed by atoms with Gasteiger partial charge in [-0.15, -0.1) is 0 Å². The van der Waals surface area contributed by atoms with Gasteiger partial charge < -0.3 is 25.4 Å². The predicted molar refractivity (Wildman–Crippen MR) is 134 cm³/mol. The topological polar surface area (TPSA) is 184 Å². The van der Waals surface area contributed by atoms with Gasteiger partial charge in [-0.3, -0.25) is 24.0 Å². The molecule has 11 heteroatoms. The summed E-state index contributed by atoms with van der Waals surface area (Å²) in [4.78, 5) is 73.9. The van der Waals surface area contributed by atoms with Crippen LogP contribution in [0.3, 0.4) is 0 Å². The van der Waals surface area contributed by atoms with Crippen molar-refractivity contribution in [2.75, 3.05) is 13.2 Å². The van der Waals surface area contributed by atoms with Gasteiger partial charge in [0.1, 0.15) is 17.4 Å². The molecule has 0 bridgehead atoms. The molecule has 4 rings (SSSR count). The fourth-order valence-corrected chi connectivity index (χ4v) is 7.85. The lowest BCUT2D eigenvalue weighted by Gasteiger charge is -2.57. The number of hydrogen-bond acceptors (Lipinski definition) is 9. The second-order valence-electron chi connectivity index (χ2n) is 12.0. The summed E-state index contributed by atoms with van der Waals surface area (Å²) < 4.78 is 5.05. The molecule has 214 valence electrons. The maximum atomic E-state index is 13.7. The summed E-state index contributed by atoms with van der Waals surface area (Å²) in [6.07, 6.45) is 4.10. The summed E-state index contributed by atoms with van der Waals surface area (Å²) in [5, 5.41) is 31.6. The number of carbonyl (C=O) groups excluding carboxylic acids is 5. The number of carbonyl (C=O) groups is 6. The number of carboxylic acid groups (broad SMARTS) is 1. The number of esters is 1. The first-order valence-corrected chi connectivity index (χ1v) is 13.6. The summed E-state index contributed by atoms with van der Waals surface area (Å²) in [6, 6.07) is -1.49. The molecule has 4 aliphatic carbocycles. The number of aliphatic hydroxyl groups excluding tert-OH is 1. The molecule has 39 heavy (non-hydrogen) atoms. The molecule has 0 aromatic rings. The van der Waals surface area contributed by atoms with Crippen LogP contribution >= 0.6 is 0 Å². The molecular weight excluding hydrogens is 510 g/mol. The van der Waals surface area contributed by atoms with Gasteiger partial charge in [0.05, 0.1) is 13.0 Å². The molecule has 7 atom stereocenters. The molecule has 7 unspecified atom stereocenters. The van der Waals surface area contributed by atoms with Crippen LogP contribution in [-0.4, -0.2) is 75.4 Å². The Kier molecular flexibility index (Phi) is 7.88. The van der Waals surface area contributed by atoms with Crippen LogP contribution < -0.4 is 5.32 Å². The minimum atomic E-state index is -1.84. The Labute approximate surface area is 226 Å². The number of allylic oxidation sites excluding steroid dienone is 1. The van der Waals surface area contributed by atoms with Crippen LogP contribution in [0, 0.1) is 28.6 Å². The monoisotopic (exact) mass is 547 g/mol. The average Bonchev–Trinajstić information content (AvgIpc) is 3.15. The van der Waals surface area contributed by atoms with Crippen LogP contribution in [0.4, 0.5) is 0 Å². The number of Topliss-reactive ketones (excluding diaryl/α,β-unsaturated/α-hetero) is 2. The first kappa shape index (κ1) is 29.1. The lowest BCUT2D eigenvalue weighted by Crippen LogP contribution is -2.61. The number of amides is 1. The summed E-state index contributed by atoms with van der Waals surface area (Å²) >= 11 is 0. The van der Waals surface area contributed by atoms with E-state index < -0.39 is 66.7 Å². The number of fused-ring (bicyclic) bond motifs is 5. The Morgan fingerprint density at radius 2 is 1.82 bits per heavy atom. The highest BCUT2D eigenvalue weighted by Crippen LogP contribution is 2.66. The summed E-state index contributed by atoms with van der Waals surface area (Å²) in [7, 11) is 0. The van der Waals surface area contributed by atoms with E-state index in [0.717, 1.165) is 5.57 Å². The fraction of sp³-hybridized carbons (Fsp3) is 0.714. The van der Waals surface area contributed by atoms with E-state index in [1.807, 2.05) is 0 Å². The molecule has 3 saturated carbocycles. The van der Waals surface area contributed by atoms with Crippen LogP contribution in [0.25, 0.3) is 0 Å². The molecule has 0 heterocycles. The maximum absolute atomic E-state index is 13.7. The van der Waals surface area contributed by atoms with Gasteiger partial charge in [0.25, 0.3) is 0 Å². The number of carboxylic acids is 1. The van der Waals surface area contributed by atoms with Gasteiger partial charge in [0.15, 0.2) is 12.4 Å². The van der Waals surface area contributed by atoms with Crippen molar-refractivity contribution in [3.05, 3.63) is 11.6 Å². The molecule has 11 nitrogen and oxygen atoms in total. The third kappa shape index (κ3) is 4.95. The first-order valence-electron chi connectivity index (χ1n) is 13.6. The van der Waals surface area contributed by atoms with E-state index in [9.17, 15) is 33.9 Å². The Morgan fingerprint density at radius 3 is 2.49 bits per heavy atom. The second-order valence-corrected chi connectivity index (χ2v) is 12.0. The Hall–Kier alpha value is -2.92. The first-order chi connectivity index (χ1) is 18.3. The molecule has 0 spiro atoms. The zero-order valence-corrected chi connectivity index (χ0v) is 22.4. The van der Waals surface area contributed by atoms with Gasteiger partial charge in [-0.1, -0.05) is 19.4 Å². The number of aliphatic hydroxyl groups is 2. The van der Waals surface area contributed by atoms with Crippen molar-refractivity contribution in [2.45, 2.75) is 83.3 Å². The molecule has 4 aliphatic rings. The SMILES string of the molecule is CC12CCC(=O)C=C1CCC1C2C(=O)CC2(C)C1CCC2(O)C(=O)COC(=O)CCC(=O)NC(CO)C(=O)O. The smallest absolute Gasteiger partial charge is 0.328 e. The molecule has 0 aliphatic heterocycles. The van der Waals surface area contributed by atoms with Crippen molar-refractivity contribution in [2.24, 2.45) is 28.6 Å². The zero-order chi connectivity index (χ0) is 28.8. The molecule has 0 aromatic heterocycles. The molecule has 1 amide bonds. The molecule has 0 saturated heterocycles. The van der Waals surface area contributed by atoms with Gasteiger partial charge >= 0.3 is 11.9 Å². The van der Waals surface area contributed by atoms with Gasteiger partial charge in [0, 0.05) is 30.6 Å². The third-order valence-corrected chi connectivity index (χ3v) is 10.0. The van der Waals surface area contributed by atoms with E-state index in [4.69, 9.17) is 14.9 Å². The number of rotatable bonds is 9. The van der Waals surface area contributed by atoms with Crippen molar-refractivity contribution >= 4 is 35.2 Å². The van der Waals surface area contributed by atoms with Gasteiger partial charge in [-0.05, 0) is 55.4 Å². The lowest BCUT2D eigenvalue weighted by atomic mass is 9.46. The number of aliphatic carboxylic acids is 1. The summed E-state index contributed by atoms with van der Waals surface area (Å²) in [5.41, 5.74) is -2.20. The average molecular weight is 548 g/mol. The van der Waals surface area contributed by atoms with Gasteiger partial charge in [-0.2, -0.15) is 0 Å². The maximum Gasteiger partial charge on any atom is 0.328 e. The second kappa shape index (κ2) is 10.6. The zero-order valence-electron chi connectivity index (χ0n) is 22.4. The largest absolute Gasteiger partial charge is 0.480 e. The fourth-order valence-electron chi connectivity index (χ4n) is 7.85. The molecular formula is C28H37NO10. The predicted octanol–water partition coefficient (Wildman–Crippen LogP) is 0.883. The van der Waals surface area contributed by atoms with E-state index in [2.05, 4.69) is 12.2 Å². The van der Waals surface area contributed by atoms with E-state index in [1.165, 1.54) is 0 Å².